The van der Waals surface area contributed by atoms with E-state index >= 15 is 0 Å². The maximum Gasteiger partial charge on any atom is 0.252 e. The monoisotopic (exact) mass is 338 g/mol. The molecular formula is C16H18N8O. The van der Waals surface area contributed by atoms with Crippen molar-refractivity contribution >= 4 is 5.91 Å². The molecule has 9 nitrogen and oxygen atoms in total. The van der Waals surface area contributed by atoms with Crippen molar-refractivity contribution < 1.29 is 4.79 Å². The molecule has 0 radical (unpaired) electrons. The van der Waals surface area contributed by atoms with Crippen LogP contribution in [0.2, 0.25) is 0 Å². The Kier molecular flexibility index (Phi) is 3.96. The molecule has 2 heterocycles. The molecule has 2 N–H and O–H groups in total. The minimum absolute atomic E-state index is 0.145. The van der Waals surface area contributed by atoms with Crippen LogP contribution in [-0.2, 0) is 6.54 Å². The number of benzene rings is 1. The quantitative estimate of drug-likeness (QED) is 0.701. The average molecular weight is 338 g/mol. The third-order valence-corrected chi connectivity index (χ3v) is 4.36. The molecule has 1 saturated carbocycles. The second-order valence-corrected chi connectivity index (χ2v) is 6.00. The Bertz CT molecular complexity index is 868. The minimum atomic E-state index is -0.178. The van der Waals surface area contributed by atoms with E-state index in [1.165, 1.54) is 6.33 Å². The lowest BCUT2D eigenvalue weighted by Crippen LogP contribution is -2.32. The first-order valence-electron chi connectivity index (χ1n) is 8.29. The van der Waals surface area contributed by atoms with Gasteiger partial charge in [-0.25, -0.2) is 9.67 Å². The van der Waals surface area contributed by atoms with Gasteiger partial charge in [0.15, 0.2) is 0 Å². The van der Waals surface area contributed by atoms with Crippen LogP contribution >= 0.6 is 0 Å². The minimum Gasteiger partial charge on any atom is -0.342 e. The van der Waals surface area contributed by atoms with Crippen LogP contribution in [0.25, 0.3) is 11.4 Å². The van der Waals surface area contributed by atoms with Crippen molar-refractivity contribution in [3.05, 3.63) is 42.0 Å². The fourth-order valence-electron chi connectivity index (χ4n) is 2.95. The van der Waals surface area contributed by atoms with E-state index in [2.05, 4.69) is 36.0 Å². The van der Waals surface area contributed by atoms with Crippen molar-refractivity contribution in [3.63, 3.8) is 0 Å². The summed E-state index contributed by atoms with van der Waals surface area (Å²) in [5.74, 6) is 1.42. The molecule has 128 valence electrons. The van der Waals surface area contributed by atoms with Crippen molar-refractivity contribution in [1.29, 1.82) is 0 Å². The Morgan fingerprint density at radius 3 is 2.96 bits per heavy atom. The second-order valence-electron chi connectivity index (χ2n) is 6.00. The number of hydrogen-bond donors (Lipinski definition) is 2. The second kappa shape index (κ2) is 6.42. The van der Waals surface area contributed by atoms with Gasteiger partial charge in [0.1, 0.15) is 12.2 Å². The van der Waals surface area contributed by atoms with E-state index in [9.17, 15) is 4.79 Å². The van der Waals surface area contributed by atoms with Crippen LogP contribution in [0, 0.1) is 5.92 Å². The SMILES string of the molecule is CCn1ncnc1C(NC(=O)c1ccccc1-c1nn[nH]n1)C1CC1. The molecule has 1 fully saturated rings. The molecule has 1 aromatic carbocycles. The number of carbonyl (C=O) groups is 1. The summed E-state index contributed by atoms with van der Waals surface area (Å²) >= 11 is 0. The van der Waals surface area contributed by atoms with Gasteiger partial charge in [0.2, 0.25) is 5.82 Å². The van der Waals surface area contributed by atoms with Gasteiger partial charge in [0.25, 0.3) is 5.91 Å². The first kappa shape index (κ1) is 15.4. The van der Waals surface area contributed by atoms with Gasteiger partial charge in [0.05, 0.1) is 11.6 Å². The molecule has 1 aliphatic carbocycles. The van der Waals surface area contributed by atoms with Gasteiger partial charge < -0.3 is 5.32 Å². The lowest BCUT2D eigenvalue weighted by molar-refractivity contribution is 0.0929. The number of rotatable bonds is 6. The van der Waals surface area contributed by atoms with Crippen molar-refractivity contribution in [2.24, 2.45) is 5.92 Å². The van der Waals surface area contributed by atoms with Crippen LogP contribution in [0.3, 0.4) is 0 Å². The fraction of sp³-hybridized carbons (Fsp3) is 0.375. The number of H-pyrrole nitrogens is 1. The van der Waals surface area contributed by atoms with E-state index in [4.69, 9.17) is 0 Å². The van der Waals surface area contributed by atoms with E-state index in [0.717, 1.165) is 18.7 Å². The molecule has 0 aliphatic heterocycles. The highest BCUT2D eigenvalue weighted by Crippen LogP contribution is 2.40. The van der Waals surface area contributed by atoms with Gasteiger partial charge in [-0.2, -0.15) is 10.3 Å². The zero-order chi connectivity index (χ0) is 17.2. The van der Waals surface area contributed by atoms with Crippen molar-refractivity contribution in [2.45, 2.75) is 32.4 Å². The summed E-state index contributed by atoms with van der Waals surface area (Å²) in [6.45, 7) is 2.73. The number of amides is 1. The van der Waals surface area contributed by atoms with Crippen LogP contribution in [0.1, 0.15) is 42.0 Å². The smallest absolute Gasteiger partial charge is 0.252 e. The molecule has 1 atom stereocenters. The summed E-state index contributed by atoms with van der Waals surface area (Å²) in [7, 11) is 0. The third kappa shape index (κ3) is 3.00. The normalized spacial score (nSPS) is 15.1. The lowest BCUT2D eigenvalue weighted by atomic mass is 10.0. The zero-order valence-electron chi connectivity index (χ0n) is 13.8. The van der Waals surface area contributed by atoms with Gasteiger partial charge in [-0.05, 0) is 37.0 Å². The number of aromatic amines is 1. The van der Waals surface area contributed by atoms with E-state index < -0.39 is 0 Å². The molecular weight excluding hydrogens is 320 g/mol. The number of carbonyl (C=O) groups excluding carboxylic acids is 1. The van der Waals surface area contributed by atoms with E-state index in [-0.39, 0.29) is 11.9 Å². The van der Waals surface area contributed by atoms with Crippen molar-refractivity contribution in [2.75, 3.05) is 0 Å². The molecule has 1 amide bonds. The molecule has 1 aliphatic rings. The van der Waals surface area contributed by atoms with Gasteiger partial charge in [-0.1, -0.05) is 18.2 Å². The highest BCUT2D eigenvalue weighted by molar-refractivity contribution is 6.00. The van der Waals surface area contributed by atoms with Gasteiger partial charge in [0, 0.05) is 12.1 Å². The van der Waals surface area contributed by atoms with Crippen LogP contribution in [-0.4, -0.2) is 41.3 Å². The maximum absolute atomic E-state index is 12.9. The number of aromatic nitrogens is 7. The number of nitrogens with zero attached hydrogens (tertiary/aromatic N) is 6. The molecule has 9 heteroatoms. The third-order valence-electron chi connectivity index (χ3n) is 4.36. The van der Waals surface area contributed by atoms with E-state index in [1.54, 1.807) is 12.1 Å². The first-order valence-corrected chi connectivity index (χ1v) is 8.29. The predicted octanol–water partition coefficient (Wildman–Crippen LogP) is 1.36. The van der Waals surface area contributed by atoms with Crippen LogP contribution in [0.5, 0.6) is 0 Å². The Balaban J connectivity index is 1.63. The van der Waals surface area contributed by atoms with Gasteiger partial charge >= 0.3 is 0 Å². The highest BCUT2D eigenvalue weighted by atomic mass is 16.1. The summed E-state index contributed by atoms with van der Waals surface area (Å²) in [5.41, 5.74) is 1.15. The summed E-state index contributed by atoms with van der Waals surface area (Å²) in [5, 5.41) is 21.3. The first-order chi connectivity index (χ1) is 12.3. The topological polar surface area (TPSA) is 114 Å². The summed E-state index contributed by atoms with van der Waals surface area (Å²) in [6, 6.07) is 7.08. The van der Waals surface area contributed by atoms with Gasteiger partial charge in [-0.15, -0.1) is 10.2 Å². The molecule has 0 saturated heterocycles. The Morgan fingerprint density at radius 1 is 1.40 bits per heavy atom. The molecule has 0 spiro atoms. The number of tetrazole rings is 1. The molecule has 4 rings (SSSR count). The number of hydrogen-bond acceptors (Lipinski definition) is 6. The lowest BCUT2D eigenvalue weighted by Gasteiger charge is -2.18. The Labute approximate surface area is 143 Å². The van der Waals surface area contributed by atoms with E-state index in [0.29, 0.717) is 29.4 Å². The summed E-state index contributed by atoms with van der Waals surface area (Å²) in [4.78, 5) is 17.3. The van der Waals surface area contributed by atoms with Crippen LogP contribution in [0.15, 0.2) is 30.6 Å². The standard InChI is InChI=1S/C16H18N8O/c1-2-24-15(17-9-18-24)13(10-7-8-10)19-16(25)12-6-4-3-5-11(12)14-20-22-23-21-14/h3-6,9-10,13H,2,7-8H2,1H3,(H,19,25)(H,20,21,22,23). The van der Waals surface area contributed by atoms with Gasteiger partial charge in [-0.3, -0.25) is 4.79 Å². The van der Waals surface area contributed by atoms with Crippen molar-refractivity contribution in [1.82, 2.24) is 40.7 Å². The summed E-state index contributed by atoms with van der Waals surface area (Å²) in [6.07, 6.45) is 3.69. The number of aryl methyl sites for hydroxylation is 1. The largest absolute Gasteiger partial charge is 0.342 e. The molecule has 2 aromatic heterocycles. The van der Waals surface area contributed by atoms with Crippen LogP contribution < -0.4 is 5.32 Å². The fourth-order valence-corrected chi connectivity index (χ4v) is 2.95. The average Bonchev–Trinajstić information content (AvgIpc) is 3.14. The Hall–Kier alpha value is -3.10. The molecule has 1 unspecified atom stereocenters. The van der Waals surface area contributed by atoms with Crippen molar-refractivity contribution in [3.8, 4) is 11.4 Å². The summed E-state index contributed by atoms with van der Waals surface area (Å²) < 4.78 is 1.83. The molecule has 25 heavy (non-hydrogen) atoms. The highest BCUT2D eigenvalue weighted by Gasteiger charge is 2.36. The maximum atomic E-state index is 12.9. The Morgan fingerprint density at radius 2 is 2.24 bits per heavy atom. The number of nitrogens with one attached hydrogen (secondary N) is 2. The molecule has 3 aromatic rings. The zero-order valence-corrected chi connectivity index (χ0v) is 13.8. The predicted molar refractivity (Wildman–Crippen MR) is 88.2 cm³/mol. The van der Waals surface area contributed by atoms with Crippen LogP contribution in [0.4, 0.5) is 0 Å². The molecule has 0 bridgehead atoms. The van der Waals surface area contributed by atoms with E-state index in [1.807, 2.05) is 23.7 Å².